The normalized spacial score (nSPS) is 10.5. The van der Waals surface area contributed by atoms with Crippen molar-refractivity contribution in [2.45, 2.75) is 91.6 Å². The summed E-state index contributed by atoms with van der Waals surface area (Å²) in [7, 11) is 0. The smallest absolute Gasteiger partial charge is 0.300 e. The summed E-state index contributed by atoms with van der Waals surface area (Å²) in [5.74, 6) is -1.67. The van der Waals surface area contributed by atoms with Gasteiger partial charge in [-0.2, -0.15) is 0 Å². The standard InChI is InChI=1S/C12H26O.2C2H4O2/c1-3-4-5-6-7-8-9-10-11-12(2)13;2*1-2(3)4/h12-13H,3-11H2,1-2H3;2*1H3,(H,3,4). The minimum atomic E-state index is -0.833. The van der Waals surface area contributed by atoms with Crippen molar-refractivity contribution in [2.75, 3.05) is 0 Å². The van der Waals surface area contributed by atoms with Crippen LogP contribution in [0, 0.1) is 0 Å². The average molecular weight is 306 g/mol. The first-order chi connectivity index (χ1) is 9.73. The van der Waals surface area contributed by atoms with E-state index >= 15 is 0 Å². The molecule has 3 N–H and O–H groups in total. The number of rotatable bonds is 9. The number of aliphatic hydroxyl groups is 1. The fourth-order valence-electron chi connectivity index (χ4n) is 1.57. The van der Waals surface area contributed by atoms with Crippen molar-refractivity contribution >= 4 is 11.9 Å². The second kappa shape index (κ2) is 21.2. The van der Waals surface area contributed by atoms with Gasteiger partial charge >= 0.3 is 0 Å². The molecule has 0 saturated heterocycles. The molecule has 1 atom stereocenters. The van der Waals surface area contributed by atoms with E-state index in [4.69, 9.17) is 24.9 Å². The average Bonchev–Trinajstić information content (AvgIpc) is 2.31. The molecule has 21 heavy (non-hydrogen) atoms. The summed E-state index contributed by atoms with van der Waals surface area (Å²) in [5.41, 5.74) is 0. The zero-order valence-corrected chi connectivity index (χ0v) is 14.1. The van der Waals surface area contributed by atoms with E-state index in [2.05, 4.69) is 6.92 Å². The van der Waals surface area contributed by atoms with Gasteiger partial charge in [-0.3, -0.25) is 9.59 Å². The fourth-order valence-corrected chi connectivity index (χ4v) is 1.57. The summed E-state index contributed by atoms with van der Waals surface area (Å²) >= 11 is 0. The maximum absolute atomic E-state index is 9.03. The Morgan fingerprint density at radius 3 is 1.38 bits per heavy atom. The van der Waals surface area contributed by atoms with E-state index in [-0.39, 0.29) is 6.10 Å². The highest BCUT2D eigenvalue weighted by Gasteiger charge is 1.95. The van der Waals surface area contributed by atoms with Crippen molar-refractivity contribution in [1.29, 1.82) is 0 Å². The molecule has 0 aliphatic rings. The minimum Gasteiger partial charge on any atom is -0.481 e. The Morgan fingerprint density at radius 2 is 1.10 bits per heavy atom. The Kier molecular flexibility index (Phi) is 25.1. The molecular weight excluding hydrogens is 272 g/mol. The zero-order valence-electron chi connectivity index (χ0n) is 14.1. The topological polar surface area (TPSA) is 94.8 Å². The summed E-state index contributed by atoms with van der Waals surface area (Å²) in [6.45, 7) is 6.30. The number of hydrogen-bond acceptors (Lipinski definition) is 3. The summed E-state index contributed by atoms with van der Waals surface area (Å²) in [5, 5.41) is 23.9. The molecule has 1 unspecified atom stereocenters. The molecule has 0 radical (unpaired) electrons. The lowest BCUT2D eigenvalue weighted by atomic mass is 10.1. The lowest BCUT2D eigenvalue weighted by Gasteiger charge is -2.03. The van der Waals surface area contributed by atoms with Gasteiger partial charge in [0.2, 0.25) is 0 Å². The lowest BCUT2D eigenvalue weighted by Crippen LogP contribution is -1.98. The molecule has 0 fully saturated rings. The molecule has 0 saturated carbocycles. The summed E-state index contributed by atoms with van der Waals surface area (Å²) in [6.07, 6.45) is 11.7. The molecule has 5 nitrogen and oxygen atoms in total. The number of aliphatic hydroxyl groups excluding tert-OH is 1. The second-order valence-corrected chi connectivity index (χ2v) is 5.15. The van der Waals surface area contributed by atoms with Crippen LogP contribution in [0.2, 0.25) is 0 Å². The predicted molar refractivity (Wildman–Crippen MR) is 85.5 cm³/mol. The van der Waals surface area contributed by atoms with E-state index in [1.165, 1.54) is 51.4 Å². The molecule has 0 bridgehead atoms. The second-order valence-electron chi connectivity index (χ2n) is 5.15. The molecule has 0 heterocycles. The highest BCUT2D eigenvalue weighted by molar-refractivity contribution is 5.63. The molecule has 0 rings (SSSR count). The largest absolute Gasteiger partial charge is 0.481 e. The van der Waals surface area contributed by atoms with Crippen molar-refractivity contribution in [3.63, 3.8) is 0 Å². The monoisotopic (exact) mass is 306 g/mol. The zero-order chi connectivity index (χ0) is 17.1. The number of hydrogen-bond donors (Lipinski definition) is 3. The van der Waals surface area contributed by atoms with E-state index in [9.17, 15) is 0 Å². The van der Waals surface area contributed by atoms with Crippen LogP contribution in [0.3, 0.4) is 0 Å². The molecule has 0 spiro atoms. The third kappa shape index (κ3) is 68.1. The molecule has 0 aliphatic carbocycles. The van der Waals surface area contributed by atoms with Crippen molar-refractivity contribution < 1.29 is 24.9 Å². The molecule has 5 heteroatoms. The van der Waals surface area contributed by atoms with Crippen molar-refractivity contribution in [3.8, 4) is 0 Å². The van der Waals surface area contributed by atoms with E-state index in [1.807, 2.05) is 6.92 Å². The third-order valence-corrected chi connectivity index (χ3v) is 2.48. The summed E-state index contributed by atoms with van der Waals surface area (Å²) < 4.78 is 0. The van der Waals surface area contributed by atoms with Crippen molar-refractivity contribution in [3.05, 3.63) is 0 Å². The minimum absolute atomic E-state index is 0.0971. The Morgan fingerprint density at radius 1 is 0.810 bits per heavy atom. The van der Waals surface area contributed by atoms with Crippen molar-refractivity contribution in [2.24, 2.45) is 0 Å². The molecular formula is C16H34O5. The van der Waals surface area contributed by atoms with Crippen LogP contribution < -0.4 is 0 Å². The third-order valence-electron chi connectivity index (χ3n) is 2.48. The van der Waals surface area contributed by atoms with Gasteiger partial charge in [-0.25, -0.2) is 0 Å². The number of aliphatic carboxylic acids is 2. The van der Waals surface area contributed by atoms with Crippen molar-refractivity contribution in [1.82, 2.24) is 0 Å². The Bertz CT molecular complexity index is 207. The fraction of sp³-hybridized carbons (Fsp3) is 0.875. The van der Waals surface area contributed by atoms with E-state index in [0.717, 1.165) is 20.3 Å². The van der Waals surface area contributed by atoms with Crippen LogP contribution in [0.15, 0.2) is 0 Å². The highest BCUT2D eigenvalue weighted by Crippen LogP contribution is 2.10. The van der Waals surface area contributed by atoms with Gasteiger partial charge in [0.15, 0.2) is 0 Å². The SMILES string of the molecule is CC(=O)O.CC(=O)O.CCCCCCCCCCC(C)O. The van der Waals surface area contributed by atoms with E-state index in [1.54, 1.807) is 0 Å². The number of carboxylic acids is 2. The van der Waals surface area contributed by atoms with Crippen LogP contribution in [0.25, 0.3) is 0 Å². The van der Waals surface area contributed by atoms with Crippen LogP contribution in [0.4, 0.5) is 0 Å². The Balaban J connectivity index is -0.000000334. The predicted octanol–water partition coefficient (Wildman–Crippen LogP) is 4.08. The first kappa shape index (κ1) is 24.9. The van der Waals surface area contributed by atoms with Gasteiger partial charge in [0.1, 0.15) is 0 Å². The van der Waals surface area contributed by atoms with Crippen LogP contribution in [-0.4, -0.2) is 33.4 Å². The van der Waals surface area contributed by atoms with Gasteiger partial charge in [-0.15, -0.1) is 0 Å². The van der Waals surface area contributed by atoms with Gasteiger partial charge in [-0.05, 0) is 13.3 Å². The Hall–Kier alpha value is -1.10. The van der Waals surface area contributed by atoms with Crippen LogP contribution in [-0.2, 0) is 9.59 Å². The number of carboxylic acid groups (broad SMARTS) is 2. The maximum atomic E-state index is 9.03. The van der Waals surface area contributed by atoms with E-state index in [0.29, 0.717) is 0 Å². The lowest BCUT2D eigenvalue weighted by molar-refractivity contribution is -0.135. The van der Waals surface area contributed by atoms with E-state index < -0.39 is 11.9 Å². The molecule has 0 aliphatic heterocycles. The summed E-state index contributed by atoms with van der Waals surface area (Å²) in [6, 6.07) is 0. The summed E-state index contributed by atoms with van der Waals surface area (Å²) in [4.78, 5) is 18.0. The first-order valence-corrected chi connectivity index (χ1v) is 7.81. The number of carbonyl (C=O) groups is 2. The molecule has 0 amide bonds. The molecule has 0 aromatic rings. The molecule has 0 aromatic carbocycles. The molecule has 128 valence electrons. The Labute approximate surface area is 129 Å². The van der Waals surface area contributed by atoms with Gasteiger partial charge < -0.3 is 15.3 Å². The van der Waals surface area contributed by atoms with Crippen LogP contribution in [0.5, 0.6) is 0 Å². The quantitative estimate of drug-likeness (QED) is 0.558. The number of unbranched alkanes of at least 4 members (excludes halogenated alkanes) is 7. The molecule has 0 aromatic heterocycles. The van der Waals surface area contributed by atoms with Gasteiger partial charge in [0, 0.05) is 13.8 Å². The van der Waals surface area contributed by atoms with Crippen LogP contribution in [0.1, 0.15) is 85.5 Å². The van der Waals surface area contributed by atoms with Gasteiger partial charge in [0.05, 0.1) is 6.10 Å². The van der Waals surface area contributed by atoms with Gasteiger partial charge in [-0.1, -0.05) is 58.3 Å². The van der Waals surface area contributed by atoms with Crippen LogP contribution >= 0.6 is 0 Å². The van der Waals surface area contributed by atoms with Gasteiger partial charge in [0.25, 0.3) is 11.9 Å². The highest BCUT2D eigenvalue weighted by atomic mass is 16.4. The first-order valence-electron chi connectivity index (χ1n) is 7.81. The maximum Gasteiger partial charge on any atom is 0.300 e.